The third-order valence-corrected chi connectivity index (χ3v) is 5.32. The van der Waals surface area contributed by atoms with Crippen molar-refractivity contribution < 1.29 is 23.4 Å². The van der Waals surface area contributed by atoms with Crippen molar-refractivity contribution in [1.29, 1.82) is 0 Å². The molecule has 1 unspecified atom stereocenters. The van der Waals surface area contributed by atoms with E-state index >= 15 is 0 Å². The summed E-state index contributed by atoms with van der Waals surface area (Å²) in [6, 6.07) is 12.4. The molecule has 0 aliphatic carbocycles. The maximum Gasteiger partial charge on any atom is 0.151 e. The Balaban J connectivity index is 0.00000420. The lowest BCUT2D eigenvalue weighted by atomic mass is 9.94. The van der Waals surface area contributed by atoms with E-state index in [9.17, 15) is 18.6 Å². The normalized spacial score (nSPS) is 12.9. The number of aromatic hydroxyl groups is 1. The standard InChI is InChI=1S/C21H29NO5S.ClH/c1-21(2,12-15-5-8-18(27-3)9-6-15)22-13-20(24)16-7-10-19(23)17(11-16)14-28(4,25)26;/h5-11,20,22-24H,12-14H2,1-4H3;1H. The van der Waals surface area contributed by atoms with Crippen LogP contribution in [-0.2, 0) is 22.0 Å². The molecule has 0 aliphatic rings. The van der Waals surface area contributed by atoms with Crippen molar-refractivity contribution >= 4 is 22.2 Å². The highest BCUT2D eigenvalue weighted by Crippen LogP contribution is 2.25. The van der Waals surface area contributed by atoms with Gasteiger partial charge in [0.05, 0.1) is 19.0 Å². The predicted molar refractivity (Wildman–Crippen MR) is 118 cm³/mol. The van der Waals surface area contributed by atoms with Crippen LogP contribution in [0.4, 0.5) is 0 Å². The van der Waals surface area contributed by atoms with Gasteiger partial charge in [0.1, 0.15) is 11.5 Å². The van der Waals surface area contributed by atoms with Crippen LogP contribution in [0.2, 0.25) is 0 Å². The highest BCUT2D eigenvalue weighted by Gasteiger charge is 2.21. The van der Waals surface area contributed by atoms with Crippen LogP contribution >= 0.6 is 12.4 Å². The molecule has 0 bridgehead atoms. The lowest BCUT2D eigenvalue weighted by Crippen LogP contribution is -2.43. The summed E-state index contributed by atoms with van der Waals surface area (Å²) in [4.78, 5) is 0. The Morgan fingerprint density at radius 1 is 1.14 bits per heavy atom. The number of sulfone groups is 1. The van der Waals surface area contributed by atoms with Gasteiger partial charge in [0.2, 0.25) is 0 Å². The van der Waals surface area contributed by atoms with Crippen LogP contribution in [0, 0.1) is 0 Å². The van der Waals surface area contributed by atoms with Crippen LogP contribution in [0.3, 0.4) is 0 Å². The fourth-order valence-corrected chi connectivity index (χ4v) is 3.81. The van der Waals surface area contributed by atoms with Gasteiger partial charge in [-0.2, -0.15) is 0 Å². The molecule has 0 fully saturated rings. The summed E-state index contributed by atoms with van der Waals surface area (Å²) in [5.41, 5.74) is 1.73. The summed E-state index contributed by atoms with van der Waals surface area (Å²) in [6.07, 6.45) is 1.05. The first kappa shape index (κ1) is 25.2. The Bertz CT molecular complexity index is 898. The van der Waals surface area contributed by atoms with Crippen LogP contribution in [0.5, 0.6) is 11.5 Å². The minimum Gasteiger partial charge on any atom is -0.508 e. The molecule has 29 heavy (non-hydrogen) atoms. The van der Waals surface area contributed by atoms with Gasteiger partial charge in [-0.1, -0.05) is 18.2 Å². The molecule has 0 spiro atoms. The molecular weight excluding hydrogens is 414 g/mol. The molecule has 0 aromatic heterocycles. The number of β-amino-alcohol motifs (C(OH)–C–C–N with tert-alkyl or cyclic N) is 1. The SMILES string of the molecule is COc1ccc(CC(C)(C)NCC(O)c2ccc(O)c(CS(C)(=O)=O)c2)cc1.Cl. The Hall–Kier alpha value is -1.80. The van der Waals surface area contributed by atoms with E-state index in [1.165, 1.54) is 6.07 Å². The van der Waals surface area contributed by atoms with Crippen LogP contribution in [0.25, 0.3) is 0 Å². The Kier molecular flexibility index (Phi) is 8.96. The molecule has 0 heterocycles. The van der Waals surface area contributed by atoms with E-state index < -0.39 is 15.9 Å². The zero-order chi connectivity index (χ0) is 20.9. The Morgan fingerprint density at radius 3 is 2.31 bits per heavy atom. The second-order valence-corrected chi connectivity index (χ2v) is 9.90. The topological polar surface area (TPSA) is 95.9 Å². The van der Waals surface area contributed by atoms with E-state index in [2.05, 4.69) is 19.2 Å². The number of benzene rings is 2. The first-order valence-corrected chi connectivity index (χ1v) is 11.1. The van der Waals surface area contributed by atoms with E-state index in [1.807, 2.05) is 24.3 Å². The molecule has 2 rings (SSSR count). The predicted octanol–water partition coefficient (Wildman–Crippen LogP) is 3.01. The van der Waals surface area contributed by atoms with Gasteiger partial charge < -0.3 is 20.3 Å². The van der Waals surface area contributed by atoms with Gasteiger partial charge in [-0.05, 0) is 55.7 Å². The zero-order valence-corrected chi connectivity index (χ0v) is 18.8. The number of halogens is 1. The van der Waals surface area contributed by atoms with Gasteiger partial charge >= 0.3 is 0 Å². The van der Waals surface area contributed by atoms with Crippen molar-refractivity contribution in [2.75, 3.05) is 19.9 Å². The number of ether oxygens (including phenoxy) is 1. The lowest BCUT2D eigenvalue weighted by molar-refractivity contribution is 0.160. The van der Waals surface area contributed by atoms with E-state index in [0.29, 0.717) is 12.1 Å². The smallest absolute Gasteiger partial charge is 0.151 e. The molecule has 2 aromatic carbocycles. The van der Waals surface area contributed by atoms with E-state index in [-0.39, 0.29) is 35.0 Å². The first-order chi connectivity index (χ1) is 13.0. The van der Waals surface area contributed by atoms with Crippen LogP contribution in [-0.4, -0.2) is 44.1 Å². The zero-order valence-electron chi connectivity index (χ0n) is 17.2. The molecule has 1 atom stereocenters. The van der Waals surface area contributed by atoms with Crippen molar-refractivity contribution in [2.45, 2.75) is 37.7 Å². The number of aliphatic hydroxyl groups excluding tert-OH is 1. The Morgan fingerprint density at radius 2 is 1.76 bits per heavy atom. The van der Waals surface area contributed by atoms with Crippen LogP contribution in [0.1, 0.15) is 36.6 Å². The number of hydrogen-bond acceptors (Lipinski definition) is 6. The summed E-state index contributed by atoms with van der Waals surface area (Å²) >= 11 is 0. The van der Waals surface area contributed by atoms with E-state index in [4.69, 9.17) is 4.74 Å². The van der Waals surface area contributed by atoms with Crippen molar-refractivity contribution in [3.05, 3.63) is 59.2 Å². The second kappa shape index (κ2) is 10.3. The number of phenolic OH excluding ortho intramolecular Hbond substituents is 1. The molecule has 6 nitrogen and oxygen atoms in total. The fraction of sp³-hybridized carbons (Fsp3) is 0.429. The van der Waals surface area contributed by atoms with E-state index in [0.717, 1.165) is 24.0 Å². The fourth-order valence-electron chi connectivity index (χ4n) is 3.02. The molecular formula is C21H30ClNO5S. The molecule has 8 heteroatoms. The van der Waals surface area contributed by atoms with Gasteiger partial charge in [0.15, 0.2) is 9.84 Å². The second-order valence-electron chi connectivity index (χ2n) is 7.76. The van der Waals surface area contributed by atoms with Crippen molar-refractivity contribution in [1.82, 2.24) is 5.32 Å². The minimum absolute atomic E-state index is 0. The maximum absolute atomic E-state index is 11.5. The van der Waals surface area contributed by atoms with Gasteiger partial charge in [-0.3, -0.25) is 0 Å². The first-order valence-electron chi connectivity index (χ1n) is 9.04. The highest BCUT2D eigenvalue weighted by molar-refractivity contribution is 7.89. The molecule has 0 saturated heterocycles. The number of rotatable bonds is 9. The number of hydrogen-bond donors (Lipinski definition) is 3. The lowest BCUT2D eigenvalue weighted by Gasteiger charge is -2.28. The van der Waals surface area contributed by atoms with Crippen molar-refractivity contribution in [3.63, 3.8) is 0 Å². The summed E-state index contributed by atoms with van der Waals surface area (Å²) < 4.78 is 28.2. The summed E-state index contributed by atoms with van der Waals surface area (Å²) in [5.74, 6) is 0.451. The van der Waals surface area contributed by atoms with Crippen molar-refractivity contribution in [3.8, 4) is 11.5 Å². The highest BCUT2D eigenvalue weighted by atomic mass is 35.5. The molecule has 3 N–H and O–H groups in total. The molecule has 2 aromatic rings. The summed E-state index contributed by atoms with van der Waals surface area (Å²) in [6.45, 7) is 4.40. The number of nitrogens with one attached hydrogen (secondary N) is 1. The third kappa shape index (κ3) is 8.22. The average Bonchev–Trinajstić information content (AvgIpc) is 2.61. The quantitative estimate of drug-likeness (QED) is 0.551. The summed E-state index contributed by atoms with van der Waals surface area (Å²) in [5, 5.41) is 23.7. The molecule has 0 radical (unpaired) electrons. The average molecular weight is 444 g/mol. The maximum atomic E-state index is 11.5. The third-order valence-electron chi connectivity index (χ3n) is 4.49. The Labute approximate surface area is 179 Å². The molecule has 0 amide bonds. The molecule has 0 saturated carbocycles. The largest absolute Gasteiger partial charge is 0.508 e. The number of phenols is 1. The number of methoxy groups -OCH3 is 1. The van der Waals surface area contributed by atoms with Gasteiger partial charge in [0.25, 0.3) is 0 Å². The van der Waals surface area contributed by atoms with Gasteiger partial charge in [0, 0.05) is 23.9 Å². The monoisotopic (exact) mass is 443 g/mol. The molecule has 162 valence electrons. The number of aliphatic hydroxyl groups is 1. The van der Waals surface area contributed by atoms with Crippen LogP contribution < -0.4 is 10.1 Å². The minimum atomic E-state index is -3.28. The van der Waals surface area contributed by atoms with Gasteiger partial charge in [-0.15, -0.1) is 12.4 Å². The summed E-state index contributed by atoms with van der Waals surface area (Å²) in [7, 11) is -1.65. The van der Waals surface area contributed by atoms with Crippen LogP contribution in [0.15, 0.2) is 42.5 Å². The van der Waals surface area contributed by atoms with Gasteiger partial charge in [-0.25, -0.2) is 8.42 Å². The van der Waals surface area contributed by atoms with E-state index in [1.54, 1.807) is 19.2 Å². The molecule has 0 aliphatic heterocycles. The van der Waals surface area contributed by atoms with Crippen molar-refractivity contribution in [2.24, 2.45) is 0 Å².